The summed E-state index contributed by atoms with van der Waals surface area (Å²) in [4.78, 5) is 25.2. The van der Waals surface area contributed by atoms with Crippen molar-refractivity contribution in [2.75, 3.05) is 13.7 Å². The summed E-state index contributed by atoms with van der Waals surface area (Å²) in [7, 11) is 1.57. The number of aryl methyl sites for hydroxylation is 1. The fraction of sp³-hybridized carbons (Fsp3) is 0.483. The quantitative estimate of drug-likeness (QED) is 0.388. The molecule has 8 nitrogen and oxygen atoms in total. The van der Waals surface area contributed by atoms with Crippen LogP contribution in [-0.4, -0.2) is 61.6 Å². The SMILES string of the molecule is CCn1c(-c2nc3cc(C(=O)N4C[C@H]5CC[C@@H]4C5N)cc(OC)c3n2CC2CC(F)(F)C2)cc2cccnc21. The number of fused-ring (bicyclic) bond motifs is 4. The van der Waals surface area contributed by atoms with Crippen LogP contribution in [0.15, 0.2) is 36.5 Å². The van der Waals surface area contributed by atoms with Crippen LogP contribution in [0.1, 0.15) is 43.0 Å². The zero-order chi connectivity index (χ0) is 27.1. The second-order valence-corrected chi connectivity index (χ2v) is 11.4. The highest BCUT2D eigenvalue weighted by Crippen LogP contribution is 2.45. The molecule has 2 saturated carbocycles. The summed E-state index contributed by atoms with van der Waals surface area (Å²) in [6.45, 7) is 3.76. The van der Waals surface area contributed by atoms with Gasteiger partial charge < -0.3 is 24.5 Å². The van der Waals surface area contributed by atoms with Crippen molar-refractivity contribution in [1.82, 2.24) is 24.0 Å². The van der Waals surface area contributed by atoms with Crippen LogP contribution in [-0.2, 0) is 13.1 Å². The lowest BCUT2D eigenvalue weighted by Crippen LogP contribution is -2.41. The molecule has 7 rings (SSSR count). The Morgan fingerprint density at radius 3 is 2.69 bits per heavy atom. The number of methoxy groups -OCH3 is 1. The van der Waals surface area contributed by atoms with E-state index >= 15 is 0 Å². The molecule has 0 radical (unpaired) electrons. The first kappa shape index (κ1) is 24.5. The van der Waals surface area contributed by atoms with Crippen LogP contribution in [0.5, 0.6) is 5.75 Å². The van der Waals surface area contributed by atoms with Crippen LogP contribution in [0.3, 0.4) is 0 Å². The predicted octanol–water partition coefficient (Wildman–Crippen LogP) is 4.69. The van der Waals surface area contributed by atoms with Gasteiger partial charge in [0.2, 0.25) is 5.92 Å². The maximum absolute atomic E-state index is 13.8. The van der Waals surface area contributed by atoms with Crippen LogP contribution >= 0.6 is 0 Å². The van der Waals surface area contributed by atoms with Gasteiger partial charge in [-0.05, 0) is 61.9 Å². The molecular weight excluding hydrogens is 502 g/mol. The molecule has 1 aliphatic heterocycles. The average molecular weight is 535 g/mol. The van der Waals surface area contributed by atoms with E-state index in [1.807, 2.05) is 40.7 Å². The van der Waals surface area contributed by atoms with Gasteiger partial charge in [0.1, 0.15) is 16.9 Å². The number of halogens is 2. The number of carbonyl (C=O) groups is 1. The number of pyridine rings is 1. The van der Waals surface area contributed by atoms with E-state index in [1.165, 1.54) is 0 Å². The zero-order valence-electron chi connectivity index (χ0n) is 22.1. The van der Waals surface area contributed by atoms with Crippen molar-refractivity contribution in [3.63, 3.8) is 0 Å². The topological polar surface area (TPSA) is 91.2 Å². The molecule has 39 heavy (non-hydrogen) atoms. The highest BCUT2D eigenvalue weighted by atomic mass is 19.3. The predicted molar refractivity (Wildman–Crippen MR) is 144 cm³/mol. The van der Waals surface area contributed by atoms with Gasteiger partial charge in [-0.25, -0.2) is 18.7 Å². The number of amides is 1. The molecule has 4 heterocycles. The van der Waals surface area contributed by atoms with E-state index in [2.05, 4.69) is 9.55 Å². The lowest BCUT2D eigenvalue weighted by atomic mass is 9.81. The third-order valence-corrected chi connectivity index (χ3v) is 9.00. The number of ether oxygens (including phenoxy) is 1. The van der Waals surface area contributed by atoms with Crippen molar-refractivity contribution in [2.24, 2.45) is 17.6 Å². The van der Waals surface area contributed by atoms with Crippen molar-refractivity contribution in [3.8, 4) is 17.3 Å². The molecule has 2 bridgehead atoms. The van der Waals surface area contributed by atoms with Crippen LogP contribution in [0.2, 0.25) is 0 Å². The molecule has 2 aliphatic carbocycles. The number of benzene rings is 1. The maximum atomic E-state index is 13.8. The van der Waals surface area contributed by atoms with E-state index < -0.39 is 5.92 Å². The highest BCUT2D eigenvalue weighted by Gasteiger charge is 2.47. The zero-order valence-corrected chi connectivity index (χ0v) is 22.1. The van der Waals surface area contributed by atoms with E-state index in [9.17, 15) is 13.6 Å². The summed E-state index contributed by atoms with van der Waals surface area (Å²) in [5.41, 5.74) is 9.88. The van der Waals surface area contributed by atoms with Crippen LogP contribution < -0.4 is 10.5 Å². The van der Waals surface area contributed by atoms with Crippen molar-refractivity contribution >= 4 is 28.0 Å². The number of hydrogen-bond acceptors (Lipinski definition) is 5. The van der Waals surface area contributed by atoms with E-state index in [1.54, 1.807) is 19.4 Å². The highest BCUT2D eigenvalue weighted by molar-refractivity contribution is 6.00. The van der Waals surface area contributed by atoms with Gasteiger partial charge in [0.05, 0.1) is 18.3 Å². The first-order chi connectivity index (χ1) is 18.8. The fourth-order valence-electron chi connectivity index (χ4n) is 7.09. The van der Waals surface area contributed by atoms with Crippen molar-refractivity contribution in [2.45, 2.75) is 63.7 Å². The van der Waals surface area contributed by atoms with Crippen LogP contribution in [0.25, 0.3) is 33.6 Å². The molecule has 1 saturated heterocycles. The largest absolute Gasteiger partial charge is 0.494 e. The lowest BCUT2D eigenvalue weighted by molar-refractivity contribution is -0.113. The van der Waals surface area contributed by atoms with E-state index in [-0.39, 0.29) is 36.8 Å². The first-order valence-corrected chi connectivity index (χ1v) is 13.7. The molecular formula is C29H32F2N6O2. The van der Waals surface area contributed by atoms with Crippen LogP contribution in [0.4, 0.5) is 8.78 Å². The smallest absolute Gasteiger partial charge is 0.254 e. The number of nitrogens with two attached hydrogens (primary N) is 1. The van der Waals surface area contributed by atoms with E-state index in [0.29, 0.717) is 53.7 Å². The second-order valence-electron chi connectivity index (χ2n) is 11.4. The number of rotatable bonds is 6. The third kappa shape index (κ3) is 3.75. The minimum Gasteiger partial charge on any atom is -0.494 e. The molecule has 3 aliphatic rings. The molecule has 10 heteroatoms. The van der Waals surface area contributed by atoms with Gasteiger partial charge in [0.25, 0.3) is 5.91 Å². The van der Waals surface area contributed by atoms with Gasteiger partial charge in [0, 0.05) is 61.7 Å². The van der Waals surface area contributed by atoms with Gasteiger partial charge in [0.15, 0.2) is 5.82 Å². The standard InChI is InChI=1S/C29H32F2N6O2/c1-3-35-22(10-17-5-4-8-33-26(17)35)27-34-20-9-19(28(38)36-15-18-6-7-21(36)24(18)32)11-23(39-2)25(20)37(27)14-16-12-29(30,31)13-16/h4-5,8-11,16,18,21,24H,3,6-7,12-15,32H2,1-2H3/t18-,21-,24?/m1/s1. The summed E-state index contributed by atoms with van der Waals surface area (Å²) < 4.78 is 37.6. The number of imidazole rings is 1. The van der Waals surface area contributed by atoms with Gasteiger partial charge in [-0.1, -0.05) is 0 Å². The van der Waals surface area contributed by atoms with Gasteiger partial charge in [-0.15, -0.1) is 0 Å². The Morgan fingerprint density at radius 1 is 1.21 bits per heavy atom. The average Bonchev–Trinajstić information content (AvgIpc) is 3.66. The normalized spacial score (nSPS) is 24.1. The monoisotopic (exact) mass is 534 g/mol. The second kappa shape index (κ2) is 8.74. The molecule has 3 fully saturated rings. The molecule has 204 valence electrons. The molecule has 1 amide bonds. The van der Waals surface area contributed by atoms with Crippen molar-refractivity contribution in [3.05, 3.63) is 42.1 Å². The Bertz CT molecular complexity index is 1600. The first-order valence-electron chi connectivity index (χ1n) is 13.7. The number of aromatic nitrogens is 4. The van der Waals surface area contributed by atoms with E-state index in [4.69, 9.17) is 15.5 Å². The fourth-order valence-corrected chi connectivity index (χ4v) is 7.09. The number of hydrogen-bond donors (Lipinski definition) is 1. The Morgan fingerprint density at radius 2 is 2.03 bits per heavy atom. The summed E-state index contributed by atoms with van der Waals surface area (Å²) in [5, 5.41) is 0.978. The number of likely N-dealkylation sites (tertiary alicyclic amines) is 1. The Hall–Kier alpha value is -3.53. The van der Waals surface area contributed by atoms with Crippen LogP contribution in [0, 0.1) is 11.8 Å². The number of alkyl halides is 2. The van der Waals surface area contributed by atoms with Gasteiger partial charge in [-0.3, -0.25) is 4.79 Å². The number of piperidine rings is 1. The number of carbonyl (C=O) groups excluding carboxylic acids is 1. The van der Waals surface area contributed by atoms with Crippen molar-refractivity contribution < 1.29 is 18.3 Å². The Kier molecular flexibility index (Phi) is 5.49. The molecule has 3 aromatic heterocycles. The molecule has 3 atom stereocenters. The maximum Gasteiger partial charge on any atom is 0.254 e. The third-order valence-electron chi connectivity index (χ3n) is 9.00. The summed E-state index contributed by atoms with van der Waals surface area (Å²) in [6.07, 6.45) is 3.45. The molecule has 1 aromatic carbocycles. The summed E-state index contributed by atoms with van der Waals surface area (Å²) >= 11 is 0. The molecule has 4 aromatic rings. The van der Waals surface area contributed by atoms with E-state index in [0.717, 1.165) is 29.6 Å². The minimum absolute atomic E-state index is 0.0237. The Labute approximate surface area is 224 Å². The molecule has 0 spiro atoms. The van der Waals surface area contributed by atoms with Gasteiger partial charge in [-0.2, -0.15) is 0 Å². The summed E-state index contributed by atoms with van der Waals surface area (Å²) in [6, 6.07) is 9.59. The van der Waals surface area contributed by atoms with Gasteiger partial charge >= 0.3 is 0 Å². The number of nitrogens with zero attached hydrogens (tertiary/aromatic N) is 5. The molecule has 1 unspecified atom stereocenters. The van der Waals surface area contributed by atoms with Crippen molar-refractivity contribution in [1.29, 1.82) is 0 Å². The minimum atomic E-state index is -2.62. The summed E-state index contributed by atoms with van der Waals surface area (Å²) in [5.74, 6) is -1.36. The lowest BCUT2D eigenvalue weighted by Gasteiger charge is -2.35. The molecule has 2 N–H and O–H groups in total. The Balaban J connectivity index is 1.38.